The lowest BCUT2D eigenvalue weighted by atomic mass is 10.2. The van der Waals surface area contributed by atoms with E-state index in [1.807, 2.05) is 6.92 Å². The first-order valence-electron chi connectivity index (χ1n) is 7.09. The third-order valence-electron chi connectivity index (χ3n) is 3.33. The highest BCUT2D eigenvalue weighted by Crippen LogP contribution is 2.20. The predicted octanol–water partition coefficient (Wildman–Crippen LogP) is 2.24. The number of nitrogens with one attached hydrogen (secondary N) is 1. The third kappa shape index (κ3) is 4.35. The normalized spacial score (nSPS) is 11.3. The Morgan fingerprint density at radius 1 is 1.21 bits per heavy atom. The number of hydrogen-bond donors (Lipinski definition) is 2. The van der Waals surface area contributed by atoms with E-state index < -0.39 is 0 Å². The van der Waals surface area contributed by atoms with E-state index >= 15 is 0 Å². The molecule has 5 heteroatoms. The van der Waals surface area contributed by atoms with Gasteiger partial charge in [-0.05, 0) is 20.0 Å². The summed E-state index contributed by atoms with van der Waals surface area (Å²) in [4.78, 5) is 11.3. The van der Waals surface area contributed by atoms with E-state index in [0.29, 0.717) is 5.82 Å². The van der Waals surface area contributed by atoms with Gasteiger partial charge >= 0.3 is 0 Å². The van der Waals surface area contributed by atoms with Crippen molar-refractivity contribution in [3.8, 4) is 0 Å². The zero-order chi connectivity index (χ0) is 14.4. The van der Waals surface area contributed by atoms with Crippen molar-refractivity contribution in [3.05, 3.63) is 11.4 Å². The Morgan fingerprint density at radius 3 is 2.37 bits per heavy atom. The zero-order valence-electron chi connectivity index (χ0n) is 12.8. The van der Waals surface area contributed by atoms with Crippen LogP contribution in [0.2, 0.25) is 0 Å². The summed E-state index contributed by atoms with van der Waals surface area (Å²) in [6.07, 6.45) is 0. The minimum Gasteiger partial charge on any atom is -0.383 e. The molecule has 0 aliphatic heterocycles. The molecule has 1 rings (SSSR count). The molecule has 0 aromatic carbocycles. The number of nitrogen functional groups attached to an aromatic ring is 1. The summed E-state index contributed by atoms with van der Waals surface area (Å²) in [5.74, 6) is 2.52. The van der Waals surface area contributed by atoms with Gasteiger partial charge in [0, 0.05) is 24.6 Å². The highest BCUT2D eigenvalue weighted by molar-refractivity contribution is 5.54. The minimum absolute atomic E-state index is 0.284. The van der Waals surface area contributed by atoms with Gasteiger partial charge in [0.1, 0.15) is 17.5 Å². The summed E-state index contributed by atoms with van der Waals surface area (Å²) >= 11 is 0. The van der Waals surface area contributed by atoms with E-state index in [1.165, 1.54) is 0 Å². The molecular weight excluding hydrogens is 238 g/mol. The topological polar surface area (TPSA) is 67.1 Å². The first-order chi connectivity index (χ1) is 8.99. The Bertz CT molecular complexity index is 399. The highest BCUT2D eigenvalue weighted by Gasteiger charge is 2.11. The van der Waals surface area contributed by atoms with Crippen LogP contribution in [0.15, 0.2) is 0 Å². The number of likely N-dealkylation sites (N-methyl/N-ethyl adjacent to an activating group) is 1. The molecule has 0 spiro atoms. The van der Waals surface area contributed by atoms with Gasteiger partial charge in [0.2, 0.25) is 0 Å². The molecule has 0 bridgehead atoms. The largest absolute Gasteiger partial charge is 0.383 e. The molecule has 0 saturated carbocycles. The van der Waals surface area contributed by atoms with Gasteiger partial charge in [-0.15, -0.1) is 0 Å². The maximum atomic E-state index is 5.94. The molecule has 108 valence electrons. The third-order valence-corrected chi connectivity index (χ3v) is 3.33. The van der Waals surface area contributed by atoms with Gasteiger partial charge in [0.05, 0.1) is 0 Å². The van der Waals surface area contributed by atoms with E-state index in [1.54, 1.807) is 0 Å². The minimum atomic E-state index is 0.284. The molecule has 0 atom stereocenters. The quantitative estimate of drug-likeness (QED) is 0.791. The van der Waals surface area contributed by atoms with Gasteiger partial charge in [0.15, 0.2) is 0 Å². The molecule has 5 nitrogen and oxygen atoms in total. The van der Waals surface area contributed by atoms with Crippen LogP contribution >= 0.6 is 0 Å². The maximum absolute atomic E-state index is 5.94. The maximum Gasteiger partial charge on any atom is 0.135 e. The molecular formula is C14H27N5. The molecule has 0 aliphatic rings. The van der Waals surface area contributed by atoms with Crippen LogP contribution in [0, 0.1) is 6.92 Å². The van der Waals surface area contributed by atoms with Crippen molar-refractivity contribution < 1.29 is 0 Å². The van der Waals surface area contributed by atoms with E-state index in [9.17, 15) is 0 Å². The van der Waals surface area contributed by atoms with Crippen LogP contribution in [0.3, 0.4) is 0 Å². The fourth-order valence-electron chi connectivity index (χ4n) is 1.85. The zero-order valence-corrected chi connectivity index (χ0v) is 12.8. The smallest absolute Gasteiger partial charge is 0.135 e. The fraction of sp³-hybridized carbons (Fsp3) is 0.714. The van der Waals surface area contributed by atoms with Crippen LogP contribution in [0.5, 0.6) is 0 Å². The number of nitrogens with zero attached hydrogens (tertiary/aromatic N) is 3. The summed E-state index contributed by atoms with van der Waals surface area (Å²) < 4.78 is 0. The summed E-state index contributed by atoms with van der Waals surface area (Å²) in [7, 11) is 0. The molecule has 1 aromatic rings. The molecule has 1 aromatic heterocycles. The first-order valence-corrected chi connectivity index (χ1v) is 7.09. The van der Waals surface area contributed by atoms with Gasteiger partial charge < -0.3 is 16.0 Å². The molecule has 0 saturated heterocycles. The predicted molar refractivity (Wildman–Crippen MR) is 81.5 cm³/mol. The van der Waals surface area contributed by atoms with Crippen molar-refractivity contribution in [1.82, 2.24) is 14.9 Å². The monoisotopic (exact) mass is 265 g/mol. The van der Waals surface area contributed by atoms with Gasteiger partial charge in [-0.2, -0.15) is 0 Å². The van der Waals surface area contributed by atoms with E-state index in [4.69, 9.17) is 5.73 Å². The number of rotatable bonds is 7. The average molecular weight is 265 g/mol. The van der Waals surface area contributed by atoms with E-state index in [0.717, 1.165) is 43.4 Å². The number of nitrogens with two attached hydrogens (primary N) is 1. The van der Waals surface area contributed by atoms with Crippen LogP contribution in [0.25, 0.3) is 0 Å². The average Bonchev–Trinajstić information content (AvgIpc) is 2.39. The Hall–Kier alpha value is -1.36. The van der Waals surface area contributed by atoms with Crippen LogP contribution in [0.4, 0.5) is 11.6 Å². The molecule has 3 N–H and O–H groups in total. The molecule has 0 fully saturated rings. The fourth-order valence-corrected chi connectivity index (χ4v) is 1.85. The van der Waals surface area contributed by atoms with Crippen molar-refractivity contribution >= 4 is 11.6 Å². The van der Waals surface area contributed by atoms with Crippen molar-refractivity contribution in [2.75, 3.05) is 37.2 Å². The summed E-state index contributed by atoms with van der Waals surface area (Å²) in [6, 6.07) is 0. The van der Waals surface area contributed by atoms with Crippen molar-refractivity contribution in [2.24, 2.45) is 0 Å². The van der Waals surface area contributed by atoms with E-state index in [2.05, 4.69) is 47.9 Å². The standard InChI is InChI=1S/C14H27N5/c1-6-19(7-2)9-8-16-14-11(5)12(15)17-13(18-14)10(3)4/h10H,6-9H2,1-5H3,(H3,15,16,17,18). The van der Waals surface area contributed by atoms with Gasteiger partial charge in [-0.25, -0.2) is 9.97 Å². The summed E-state index contributed by atoms with van der Waals surface area (Å²) in [6.45, 7) is 14.5. The van der Waals surface area contributed by atoms with E-state index in [-0.39, 0.29) is 5.92 Å². The Morgan fingerprint density at radius 2 is 1.84 bits per heavy atom. The van der Waals surface area contributed by atoms with Crippen molar-refractivity contribution in [2.45, 2.75) is 40.5 Å². The Balaban J connectivity index is 2.72. The second-order valence-electron chi connectivity index (χ2n) is 5.05. The number of aromatic nitrogens is 2. The Kier molecular flexibility index (Phi) is 6.02. The lowest BCUT2D eigenvalue weighted by Gasteiger charge is -2.19. The molecule has 1 heterocycles. The molecule has 0 unspecified atom stereocenters. The molecule has 19 heavy (non-hydrogen) atoms. The lowest BCUT2D eigenvalue weighted by molar-refractivity contribution is 0.316. The second kappa shape index (κ2) is 7.28. The van der Waals surface area contributed by atoms with Gasteiger partial charge in [-0.3, -0.25) is 0 Å². The van der Waals surface area contributed by atoms with Crippen LogP contribution in [-0.4, -0.2) is 41.0 Å². The molecule has 0 aliphatic carbocycles. The van der Waals surface area contributed by atoms with Crippen LogP contribution < -0.4 is 11.1 Å². The van der Waals surface area contributed by atoms with Crippen molar-refractivity contribution in [1.29, 1.82) is 0 Å². The van der Waals surface area contributed by atoms with Crippen molar-refractivity contribution in [3.63, 3.8) is 0 Å². The Labute approximate surface area is 116 Å². The summed E-state index contributed by atoms with van der Waals surface area (Å²) in [5, 5.41) is 3.38. The second-order valence-corrected chi connectivity index (χ2v) is 5.05. The summed E-state index contributed by atoms with van der Waals surface area (Å²) in [5.41, 5.74) is 6.88. The molecule has 0 amide bonds. The SMILES string of the molecule is CCN(CC)CCNc1nc(C(C)C)nc(N)c1C. The lowest BCUT2D eigenvalue weighted by Crippen LogP contribution is -2.29. The van der Waals surface area contributed by atoms with Gasteiger partial charge in [0.25, 0.3) is 0 Å². The van der Waals surface area contributed by atoms with Gasteiger partial charge in [-0.1, -0.05) is 27.7 Å². The first kappa shape index (κ1) is 15.7. The molecule has 0 radical (unpaired) electrons. The highest BCUT2D eigenvalue weighted by atomic mass is 15.1. The number of anilines is 2. The van der Waals surface area contributed by atoms with Crippen LogP contribution in [0.1, 0.15) is 45.0 Å². The number of hydrogen-bond acceptors (Lipinski definition) is 5. The van der Waals surface area contributed by atoms with Crippen LogP contribution in [-0.2, 0) is 0 Å².